The third-order valence-corrected chi connectivity index (χ3v) is 5.25. The smallest absolute Gasteiger partial charge is 0.238 e. The summed E-state index contributed by atoms with van der Waals surface area (Å²) >= 11 is 1.17. The average molecular weight is 385 g/mol. The van der Waals surface area contributed by atoms with Gasteiger partial charge in [-0.05, 0) is 35.9 Å². The minimum absolute atomic E-state index is 0.0236. The first-order chi connectivity index (χ1) is 13.2. The van der Waals surface area contributed by atoms with Crippen LogP contribution >= 0.6 is 11.7 Å². The fraction of sp³-hybridized carbons (Fsp3) is 0.316. The van der Waals surface area contributed by atoms with E-state index in [0.29, 0.717) is 6.54 Å². The number of piperazine rings is 1. The molecular formula is C19H20FN5OS. The van der Waals surface area contributed by atoms with E-state index in [0.717, 1.165) is 55.0 Å². The standard InChI is InChI=1S/C19H20FN5OS/c20-15-3-1-14(2-4-15)12-24-7-9-25(10-8-24)13-19(26)21-16-5-6-17-18(11-16)23-27-22-17/h1-6,11H,7-10,12-13H2,(H,21,26). The summed E-state index contributed by atoms with van der Waals surface area (Å²) in [5.74, 6) is -0.232. The van der Waals surface area contributed by atoms with Crippen LogP contribution in [-0.4, -0.2) is 57.2 Å². The molecule has 1 aromatic heterocycles. The lowest BCUT2D eigenvalue weighted by Gasteiger charge is -2.34. The lowest BCUT2D eigenvalue weighted by atomic mass is 10.2. The molecular weight excluding hydrogens is 365 g/mol. The van der Waals surface area contributed by atoms with Gasteiger partial charge < -0.3 is 5.32 Å². The van der Waals surface area contributed by atoms with E-state index in [4.69, 9.17) is 0 Å². The molecule has 0 radical (unpaired) electrons. The number of carbonyl (C=O) groups excluding carboxylic acids is 1. The summed E-state index contributed by atoms with van der Waals surface area (Å²) in [6.07, 6.45) is 0. The van der Waals surface area contributed by atoms with Gasteiger partial charge in [0.1, 0.15) is 16.9 Å². The number of amides is 1. The Bertz CT molecular complexity index is 921. The number of nitrogens with one attached hydrogen (secondary N) is 1. The molecule has 2 aromatic carbocycles. The molecule has 0 unspecified atom stereocenters. The van der Waals surface area contributed by atoms with Crippen molar-refractivity contribution in [1.29, 1.82) is 0 Å². The third kappa shape index (κ3) is 4.65. The second-order valence-corrected chi connectivity index (χ2v) is 7.22. The molecule has 1 N–H and O–H groups in total. The fourth-order valence-corrected chi connectivity index (χ4v) is 3.73. The predicted molar refractivity (Wildman–Crippen MR) is 104 cm³/mol. The van der Waals surface area contributed by atoms with Crippen LogP contribution in [-0.2, 0) is 11.3 Å². The molecule has 0 saturated carbocycles. The van der Waals surface area contributed by atoms with Gasteiger partial charge in [-0.1, -0.05) is 12.1 Å². The summed E-state index contributed by atoms with van der Waals surface area (Å²) in [5, 5.41) is 2.93. The average Bonchev–Trinajstić information content (AvgIpc) is 3.13. The normalized spacial score (nSPS) is 15.9. The fourth-order valence-electron chi connectivity index (χ4n) is 3.22. The van der Waals surface area contributed by atoms with Gasteiger partial charge in [-0.3, -0.25) is 14.6 Å². The van der Waals surface area contributed by atoms with Crippen molar-refractivity contribution in [3.8, 4) is 0 Å². The predicted octanol–water partition coefficient (Wildman–Crippen LogP) is 2.59. The highest BCUT2D eigenvalue weighted by Crippen LogP contribution is 2.17. The minimum atomic E-state index is -0.209. The van der Waals surface area contributed by atoms with E-state index >= 15 is 0 Å². The van der Waals surface area contributed by atoms with Gasteiger partial charge in [0.15, 0.2) is 0 Å². The lowest BCUT2D eigenvalue weighted by molar-refractivity contribution is -0.117. The van der Waals surface area contributed by atoms with Crippen molar-refractivity contribution >= 4 is 34.4 Å². The van der Waals surface area contributed by atoms with Crippen molar-refractivity contribution in [2.24, 2.45) is 0 Å². The molecule has 0 atom stereocenters. The molecule has 27 heavy (non-hydrogen) atoms. The lowest BCUT2D eigenvalue weighted by Crippen LogP contribution is -2.48. The summed E-state index contributed by atoms with van der Waals surface area (Å²) in [5.41, 5.74) is 3.49. The monoisotopic (exact) mass is 385 g/mol. The van der Waals surface area contributed by atoms with E-state index in [9.17, 15) is 9.18 Å². The van der Waals surface area contributed by atoms with Gasteiger partial charge in [0.25, 0.3) is 0 Å². The Morgan fingerprint density at radius 1 is 1.00 bits per heavy atom. The maximum Gasteiger partial charge on any atom is 0.238 e. The van der Waals surface area contributed by atoms with E-state index < -0.39 is 0 Å². The Labute approximate surface area is 160 Å². The molecule has 1 aliphatic heterocycles. The van der Waals surface area contributed by atoms with Crippen LogP contribution in [0.5, 0.6) is 0 Å². The number of halogens is 1. The Balaban J connectivity index is 1.24. The number of rotatable bonds is 5. The van der Waals surface area contributed by atoms with Gasteiger partial charge in [-0.15, -0.1) is 0 Å². The van der Waals surface area contributed by atoms with Gasteiger partial charge >= 0.3 is 0 Å². The van der Waals surface area contributed by atoms with Crippen molar-refractivity contribution in [3.63, 3.8) is 0 Å². The Morgan fingerprint density at radius 2 is 1.70 bits per heavy atom. The topological polar surface area (TPSA) is 61.4 Å². The zero-order valence-corrected chi connectivity index (χ0v) is 15.6. The Hall–Kier alpha value is -2.42. The van der Waals surface area contributed by atoms with Crippen LogP contribution in [0, 0.1) is 5.82 Å². The van der Waals surface area contributed by atoms with Gasteiger partial charge in [-0.2, -0.15) is 8.75 Å². The number of fused-ring (bicyclic) bond motifs is 1. The number of aromatic nitrogens is 2. The van der Waals surface area contributed by atoms with Crippen LogP contribution in [0.2, 0.25) is 0 Å². The van der Waals surface area contributed by atoms with E-state index in [1.54, 1.807) is 0 Å². The maximum absolute atomic E-state index is 13.0. The molecule has 1 aliphatic rings. The molecule has 0 bridgehead atoms. The molecule has 1 saturated heterocycles. The highest BCUT2D eigenvalue weighted by Gasteiger charge is 2.19. The molecule has 2 heterocycles. The summed E-state index contributed by atoms with van der Waals surface area (Å²) in [4.78, 5) is 16.8. The summed E-state index contributed by atoms with van der Waals surface area (Å²) in [6, 6.07) is 12.2. The van der Waals surface area contributed by atoms with E-state index in [1.165, 1.54) is 23.9 Å². The molecule has 0 aliphatic carbocycles. The number of anilines is 1. The largest absolute Gasteiger partial charge is 0.325 e. The van der Waals surface area contributed by atoms with Crippen molar-refractivity contribution in [1.82, 2.24) is 18.5 Å². The zero-order chi connectivity index (χ0) is 18.6. The van der Waals surface area contributed by atoms with Crippen LogP contribution in [0.3, 0.4) is 0 Å². The molecule has 0 spiro atoms. The highest BCUT2D eigenvalue weighted by atomic mass is 32.1. The van der Waals surface area contributed by atoms with Crippen LogP contribution in [0.4, 0.5) is 10.1 Å². The van der Waals surface area contributed by atoms with E-state index in [2.05, 4.69) is 23.9 Å². The minimum Gasteiger partial charge on any atom is -0.325 e. The Kier molecular flexibility index (Phi) is 5.38. The summed E-state index contributed by atoms with van der Waals surface area (Å²) in [7, 11) is 0. The third-order valence-electron chi connectivity index (χ3n) is 4.69. The summed E-state index contributed by atoms with van der Waals surface area (Å²) in [6.45, 7) is 4.63. The second-order valence-electron chi connectivity index (χ2n) is 6.69. The molecule has 6 nitrogen and oxygen atoms in total. The summed E-state index contributed by atoms with van der Waals surface area (Å²) < 4.78 is 21.3. The number of nitrogens with zero attached hydrogens (tertiary/aromatic N) is 4. The Morgan fingerprint density at radius 3 is 2.48 bits per heavy atom. The number of hydrogen-bond acceptors (Lipinski definition) is 6. The first-order valence-corrected chi connectivity index (χ1v) is 9.60. The number of benzene rings is 2. The van der Waals surface area contributed by atoms with Crippen molar-refractivity contribution in [2.75, 3.05) is 38.0 Å². The zero-order valence-electron chi connectivity index (χ0n) is 14.8. The van der Waals surface area contributed by atoms with Crippen LogP contribution in [0.25, 0.3) is 11.0 Å². The number of hydrogen-bond donors (Lipinski definition) is 1. The van der Waals surface area contributed by atoms with Crippen molar-refractivity contribution < 1.29 is 9.18 Å². The van der Waals surface area contributed by atoms with Crippen molar-refractivity contribution in [2.45, 2.75) is 6.54 Å². The van der Waals surface area contributed by atoms with E-state index in [-0.39, 0.29) is 11.7 Å². The first kappa shape index (κ1) is 18.0. The van der Waals surface area contributed by atoms with Gasteiger partial charge in [0.2, 0.25) is 5.91 Å². The molecule has 8 heteroatoms. The quantitative estimate of drug-likeness (QED) is 0.732. The second kappa shape index (κ2) is 8.08. The van der Waals surface area contributed by atoms with Crippen molar-refractivity contribution in [3.05, 3.63) is 53.8 Å². The van der Waals surface area contributed by atoms with Gasteiger partial charge in [0.05, 0.1) is 18.3 Å². The molecule has 1 fully saturated rings. The molecule has 1 amide bonds. The van der Waals surface area contributed by atoms with Gasteiger partial charge in [0, 0.05) is 38.4 Å². The first-order valence-electron chi connectivity index (χ1n) is 8.87. The maximum atomic E-state index is 13.0. The van der Waals surface area contributed by atoms with E-state index in [1.807, 2.05) is 30.3 Å². The van der Waals surface area contributed by atoms with Crippen LogP contribution in [0.15, 0.2) is 42.5 Å². The van der Waals surface area contributed by atoms with Gasteiger partial charge in [-0.25, -0.2) is 4.39 Å². The highest BCUT2D eigenvalue weighted by molar-refractivity contribution is 7.00. The van der Waals surface area contributed by atoms with Crippen LogP contribution in [0.1, 0.15) is 5.56 Å². The molecule has 3 aromatic rings. The SMILES string of the molecule is O=C(CN1CCN(Cc2ccc(F)cc2)CC1)Nc1ccc2nsnc2c1. The molecule has 140 valence electrons. The number of carbonyl (C=O) groups is 1. The molecule has 4 rings (SSSR count). The van der Waals surface area contributed by atoms with Crippen LogP contribution < -0.4 is 5.32 Å².